The standard InChI is InChI=1S/C9H14O3/c1-6(7(2)9(10)11)8-4-3-5-12-8/h6,8H,2-5H2,1H3,(H,10,11). The monoisotopic (exact) mass is 170 g/mol. The van der Waals surface area contributed by atoms with Crippen LogP contribution in [0.25, 0.3) is 0 Å². The van der Waals surface area contributed by atoms with Gasteiger partial charge in [0.1, 0.15) is 0 Å². The summed E-state index contributed by atoms with van der Waals surface area (Å²) in [6, 6.07) is 0. The molecule has 68 valence electrons. The van der Waals surface area contributed by atoms with Crippen LogP contribution in [0.15, 0.2) is 12.2 Å². The van der Waals surface area contributed by atoms with E-state index in [1.807, 2.05) is 6.92 Å². The molecule has 1 rings (SSSR count). The number of carboxylic acids is 1. The molecule has 0 bridgehead atoms. The number of ether oxygens (including phenoxy) is 1. The zero-order valence-corrected chi connectivity index (χ0v) is 7.25. The predicted molar refractivity (Wildman–Crippen MR) is 44.9 cm³/mol. The highest BCUT2D eigenvalue weighted by Crippen LogP contribution is 2.24. The van der Waals surface area contributed by atoms with E-state index >= 15 is 0 Å². The van der Waals surface area contributed by atoms with Gasteiger partial charge in [-0.05, 0) is 12.8 Å². The molecule has 0 aromatic heterocycles. The molecule has 0 radical (unpaired) electrons. The van der Waals surface area contributed by atoms with Gasteiger partial charge in [-0.15, -0.1) is 0 Å². The number of carboxylic acid groups (broad SMARTS) is 1. The maximum atomic E-state index is 10.5. The number of aliphatic carboxylic acids is 1. The highest BCUT2D eigenvalue weighted by Gasteiger charge is 2.26. The van der Waals surface area contributed by atoms with E-state index in [4.69, 9.17) is 9.84 Å². The summed E-state index contributed by atoms with van der Waals surface area (Å²) in [5, 5.41) is 8.66. The van der Waals surface area contributed by atoms with Gasteiger partial charge in [0.2, 0.25) is 0 Å². The molecule has 0 aromatic carbocycles. The summed E-state index contributed by atoms with van der Waals surface area (Å²) >= 11 is 0. The van der Waals surface area contributed by atoms with Crippen LogP contribution in [0.5, 0.6) is 0 Å². The van der Waals surface area contributed by atoms with E-state index in [2.05, 4.69) is 6.58 Å². The van der Waals surface area contributed by atoms with Crippen LogP contribution in [0.2, 0.25) is 0 Å². The second-order valence-electron chi connectivity index (χ2n) is 3.17. The summed E-state index contributed by atoms with van der Waals surface area (Å²) in [4.78, 5) is 10.5. The molecule has 1 N–H and O–H groups in total. The van der Waals surface area contributed by atoms with E-state index < -0.39 is 5.97 Å². The van der Waals surface area contributed by atoms with Crippen molar-refractivity contribution < 1.29 is 14.6 Å². The fourth-order valence-electron chi connectivity index (χ4n) is 1.42. The molecule has 3 nitrogen and oxygen atoms in total. The molecule has 2 unspecified atom stereocenters. The van der Waals surface area contributed by atoms with Crippen LogP contribution in [-0.2, 0) is 9.53 Å². The topological polar surface area (TPSA) is 46.5 Å². The third-order valence-corrected chi connectivity index (χ3v) is 2.35. The van der Waals surface area contributed by atoms with Crippen LogP contribution in [-0.4, -0.2) is 23.8 Å². The van der Waals surface area contributed by atoms with Crippen molar-refractivity contribution in [1.29, 1.82) is 0 Å². The van der Waals surface area contributed by atoms with E-state index in [0.29, 0.717) is 0 Å². The molecular weight excluding hydrogens is 156 g/mol. The molecule has 12 heavy (non-hydrogen) atoms. The Morgan fingerprint density at radius 3 is 2.83 bits per heavy atom. The van der Waals surface area contributed by atoms with E-state index in [0.717, 1.165) is 19.4 Å². The van der Waals surface area contributed by atoms with Gasteiger partial charge in [0.05, 0.1) is 6.10 Å². The van der Waals surface area contributed by atoms with Crippen LogP contribution in [0.4, 0.5) is 0 Å². The summed E-state index contributed by atoms with van der Waals surface area (Å²) in [6.07, 6.45) is 2.05. The lowest BCUT2D eigenvalue weighted by Crippen LogP contribution is -2.22. The number of hydrogen-bond donors (Lipinski definition) is 1. The maximum absolute atomic E-state index is 10.5. The molecule has 1 heterocycles. The lowest BCUT2D eigenvalue weighted by Gasteiger charge is -2.17. The van der Waals surface area contributed by atoms with Gasteiger partial charge in [-0.25, -0.2) is 4.79 Å². The first-order valence-corrected chi connectivity index (χ1v) is 4.16. The molecular formula is C9H14O3. The fourth-order valence-corrected chi connectivity index (χ4v) is 1.42. The van der Waals surface area contributed by atoms with Crippen molar-refractivity contribution in [3.63, 3.8) is 0 Å². The lowest BCUT2D eigenvalue weighted by atomic mass is 9.95. The molecule has 2 atom stereocenters. The minimum absolute atomic E-state index is 0.0635. The van der Waals surface area contributed by atoms with Crippen LogP contribution < -0.4 is 0 Å². The Labute approximate surface area is 72.0 Å². The molecule has 0 aromatic rings. The van der Waals surface area contributed by atoms with Gasteiger partial charge in [-0.1, -0.05) is 13.5 Å². The average Bonchev–Trinajstić information content (AvgIpc) is 2.53. The largest absolute Gasteiger partial charge is 0.478 e. The van der Waals surface area contributed by atoms with Crippen molar-refractivity contribution in [2.24, 2.45) is 5.92 Å². The van der Waals surface area contributed by atoms with Crippen LogP contribution in [0.1, 0.15) is 19.8 Å². The van der Waals surface area contributed by atoms with Crippen molar-refractivity contribution in [3.8, 4) is 0 Å². The molecule has 1 fully saturated rings. The Balaban J connectivity index is 2.51. The Morgan fingerprint density at radius 1 is 1.75 bits per heavy atom. The SMILES string of the molecule is C=C(C(=O)O)C(C)C1CCCO1. The average molecular weight is 170 g/mol. The second kappa shape index (κ2) is 3.72. The minimum Gasteiger partial charge on any atom is -0.478 e. The summed E-state index contributed by atoms with van der Waals surface area (Å²) in [6.45, 7) is 6.12. The number of carbonyl (C=O) groups is 1. The molecule has 0 spiro atoms. The van der Waals surface area contributed by atoms with Crippen molar-refractivity contribution >= 4 is 5.97 Å². The van der Waals surface area contributed by atoms with Gasteiger partial charge in [-0.3, -0.25) is 0 Å². The first-order valence-electron chi connectivity index (χ1n) is 4.16. The fraction of sp³-hybridized carbons (Fsp3) is 0.667. The summed E-state index contributed by atoms with van der Waals surface area (Å²) < 4.78 is 5.36. The van der Waals surface area contributed by atoms with Gasteiger partial charge in [0.15, 0.2) is 0 Å². The number of hydrogen-bond acceptors (Lipinski definition) is 2. The summed E-state index contributed by atoms with van der Waals surface area (Å²) in [7, 11) is 0. The first-order chi connectivity index (χ1) is 5.63. The van der Waals surface area contributed by atoms with E-state index in [-0.39, 0.29) is 17.6 Å². The van der Waals surface area contributed by atoms with Gasteiger partial charge in [0.25, 0.3) is 0 Å². The van der Waals surface area contributed by atoms with Gasteiger partial charge in [0, 0.05) is 18.1 Å². The lowest BCUT2D eigenvalue weighted by molar-refractivity contribution is -0.133. The van der Waals surface area contributed by atoms with Gasteiger partial charge < -0.3 is 9.84 Å². The first kappa shape index (κ1) is 9.26. The second-order valence-corrected chi connectivity index (χ2v) is 3.17. The van der Waals surface area contributed by atoms with E-state index in [1.54, 1.807) is 0 Å². The molecule has 0 amide bonds. The molecule has 3 heteroatoms. The van der Waals surface area contributed by atoms with Crippen molar-refractivity contribution in [2.75, 3.05) is 6.61 Å². The molecule has 1 saturated heterocycles. The molecule has 1 aliphatic heterocycles. The van der Waals surface area contributed by atoms with Crippen LogP contribution in [0, 0.1) is 5.92 Å². The van der Waals surface area contributed by atoms with Crippen molar-refractivity contribution in [1.82, 2.24) is 0 Å². The summed E-state index contributed by atoms with van der Waals surface area (Å²) in [5.41, 5.74) is 0.252. The van der Waals surface area contributed by atoms with Crippen molar-refractivity contribution in [3.05, 3.63) is 12.2 Å². The quantitative estimate of drug-likeness (QED) is 0.652. The summed E-state index contributed by atoms with van der Waals surface area (Å²) in [5.74, 6) is -0.983. The zero-order chi connectivity index (χ0) is 9.14. The normalized spacial score (nSPS) is 25.2. The molecule has 0 aliphatic carbocycles. The van der Waals surface area contributed by atoms with Gasteiger partial charge in [-0.2, -0.15) is 0 Å². The Hall–Kier alpha value is -0.830. The van der Waals surface area contributed by atoms with Crippen LogP contribution in [0.3, 0.4) is 0 Å². The zero-order valence-electron chi connectivity index (χ0n) is 7.25. The predicted octanol–water partition coefficient (Wildman–Crippen LogP) is 1.44. The van der Waals surface area contributed by atoms with Crippen LogP contribution >= 0.6 is 0 Å². The minimum atomic E-state index is -0.919. The highest BCUT2D eigenvalue weighted by molar-refractivity contribution is 5.86. The third kappa shape index (κ3) is 1.85. The van der Waals surface area contributed by atoms with Crippen molar-refractivity contribution in [2.45, 2.75) is 25.9 Å². The van der Waals surface area contributed by atoms with E-state index in [9.17, 15) is 4.79 Å². The van der Waals surface area contributed by atoms with Gasteiger partial charge >= 0.3 is 5.97 Å². The number of rotatable bonds is 3. The molecule has 0 saturated carbocycles. The highest BCUT2D eigenvalue weighted by atomic mass is 16.5. The Kier molecular flexibility index (Phi) is 2.87. The Morgan fingerprint density at radius 2 is 2.42 bits per heavy atom. The Bertz CT molecular complexity index is 192. The maximum Gasteiger partial charge on any atom is 0.331 e. The van der Waals surface area contributed by atoms with E-state index in [1.165, 1.54) is 0 Å². The third-order valence-electron chi connectivity index (χ3n) is 2.35. The molecule has 1 aliphatic rings. The smallest absolute Gasteiger partial charge is 0.331 e.